The van der Waals surface area contributed by atoms with Gasteiger partial charge in [0.15, 0.2) is 0 Å². The standard InChI is InChI=1S/C27H27F3N2O3/c1-17-9-14-24(31-26(17,3)25(33)34)32-18(2)10-12-22(32)21-15-20(27(28,29)30)11-13-23(21)35-16-19-7-5-4-6-8-19/h4-8,10-15,17,31H,9,16H2,1-3H3,(H,33,34). The number of alkyl halides is 3. The molecule has 35 heavy (non-hydrogen) atoms. The smallest absolute Gasteiger partial charge is 0.416 e. The average Bonchev–Trinajstić information content (AvgIpc) is 3.20. The molecular weight excluding hydrogens is 457 g/mol. The first-order chi connectivity index (χ1) is 16.5. The summed E-state index contributed by atoms with van der Waals surface area (Å²) in [5, 5.41) is 13.0. The van der Waals surface area contributed by atoms with Crippen LogP contribution >= 0.6 is 0 Å². The Morgan fingerprint density at radius 2 is 1.89 bits per heavy atom. The molecule has 1 aromatic heterocycles. The Kier molecular flexibility index (Phi) is 6.40. The van der Waals surface area contributed by atoms with Crippen molar-refractivity contribution in [1.29, 1.82) is 0 Å². The molecular formula is C27H27F3N2O3. The van der Waals surface area contributed by atoms with Crippen molar-refractivity contribution < 1.29 is 27.8 Å². The van der Waals surface area contributed by atoms with Gasteiger partial charge in [-0.15, -0.1) is 0 Å². The number of aromatic nitrogens is 1. The number of hydrogen-bond donors (Lipinski definition) is 2. The molecule has 0 fully saturated rings. The first kappa shape index (κ1) is 24.4. The van der Waals surface area contributed by atoms with Crippen LogP contribution in [0.15, 0.2) is 66.7 Å². The van der Waals surface area contributed by atoms with E-state index in [1.807, 2.05) is 50.3 Å². The highest BCUT2D eigenvalue weighted by atomic mass is 19.4. The molecule has 5 nitrogen and oxygen atoms in total. The van der Waals surface area contributed by atoms with Crippen molar-refractivity contribution in [3.05, 3.63) is 83.6 Å². The van der Waals surface area contributed by atoms with E-state index in [0.717, 1.165) is 23.4 Å². The molecule has 0 spiro atoms. The molecule has 3 aromatic rings. The summed E-state index contributed by atoms with van der Waals surface area (Å²) in [5.41, 5.74) is 0.345. The maximum Gasteiger partial charge on any atom is 0.416 e. The van der Waals surface area contributed by atoms with Gasteiger partial charge in [-0.3, -0.25) is 0 Å². The summed E-state index contributed by atoms with van der Waals surface area (Å²) in [6, 6.07) is 16.3. The molecule has 2 aromatic carbocycles. The second-order valence-electron chi connectivity index (χ2n) is 9.04. The van der Waals surface area contributed by atoms with Gasteiger partial charge < -0.3 is 19.7 Å². The lowest BCUT2D eigenvalue weighted by Gasteiger charge is -2.38. The number of hydrogen-bond acceptors (Lipinski definition) is 3. The van der Waals surface area contributed by atoms with Crippen molar-refractivity contribution in [2.24, 2.45) is 5.92 Å². The monoisotopic (exact) mass is 484 g/mol. The zero-order chi connectivity index (χ0) is 25.4. The van der Waals surface area contributed by atoms with E-state index in [2.05, 4.69) is 5.32 Å². The van der Waals surface area contributed by atoms with Crippen molar-refractivity contribution >= 4 is 11.8 Å². The van der Waals surface area contributed by atoms with E-state index in [-0.39, 0.29) is 18.1 Å². The Morgan fingerprint density at radius 1 is 1.17 bits per heavy atom. The summed E-state index contributed by atoms with van der Waals surface area (Å²) in [7, 11) is 0. The van der Waals surface area contributed by atoms with Crippen LogP contribution in [0.2, 0.25) is 0 Å². The lowest BCUT2D eigenvalue weighted by atomic mass is 9.82. The van der Waals surface area contributed by atoms with E-state index in [4.69, 9.17) is 4.74 Å². The van der Waals surface area contributed by atoms with E-state index in [1.165, 1.54) is 6.07 Å². The van der Waals surface area contributed by atoms with Crippen molar-refractivity contribution in [2.75, 3.05) is 0 Å². The number of nitrogens with one attached hydrogen (secondary N) is 1. The van der Waals surface area contributed by atoms with Gasteiger partial charge in [-0.25, -0.2) is 4.79 Å². The third kappa shape index (κ3) is 4.78. The summed E-state index contributed by atoms with van der Waals surface area (Å²) in [4.78, 5) is 12.0. The first-order valence-electron chi connectivity index (χ1n) is 11.3. The van der Waals surface area contributed by atoms with Gasteiger partial charge in [0.25, 0.3) is 0 Å². The number of rotatable bonds is 6. The van der Waals surface area contributed by atoms with Crippen LogP contribution in [0.4, 0.5) is 13.2 Å². The Labute approximate surface area is 201 Å². The molecule has 2 atom stereocenters. The highest BCUT2D eigenvalue weighted by Gasteiger charge is 2.42. The van der Waals surface area contributed by atoms with Gasteiger partial charge >= 0.3 is 12.1 Å². The number of carbonyl (C=O) groups is 1. The fourth-order valence-corrected chi connectivity index (χ4v) is 4.21. The molecule has 0 radical (unpaired) electrons. The number of allylic oxidation sites excluding steroid dienone is 1. The quantitative estimate of drug-likeness (QED) is 0.429. The number of aliphatic carboxylic acids is 1. The second kappa shape index (κ2) is 9.17. The highest BCUT2D eigenvalue weighted by molar-refractivity contribution is 5.82. The fraction of sp³-hybridized carbons (Fsp3) is 0.296. The van der Waals surface area contributed by atoms with Gasteiger partial charge in [0.2, 0.25) is 0 Å². The SMILES string of the molecule is Cc1ccc(-c2cc(C(F)(F)F)ccc2OCc2ccccc2)n1C1=CCC(C)C(C)(C(=O)O)N1. The van der Waals surface area contributed by atoms with Gasteiger partial charge in [-0.1, -0.05) is 37.3 Å². The van der Waals surface area contributed by atoms with Crippen LogP contribution in [-0.2, 0) is 17.6 Å². The Morgan fingerprint density at radius 3 is 2.54 bits per heavy atom. The fourth-order valence-electron chi connectivity index (χ4n) is 4.21. The van der Waals surface area contributed by atoms with Crippen molar-refractivity contribution in [3.63, 3.8) is 0 Å². The Bertz CT molecular complexity index is 1260. The van der Waals surface area contributed by atoms with Gasteiger partial charge in [-0.2, -0.15) is 13.2 Å². The molecule has 0 amide bonds. The molecule has 8 heteroatoms. The van der Waals surface area contributed by atoms with E-state index >= 15 is 0 Å². The van der Waals surface area contributed by atoms with Gasteiger partial charge in [0.05, 0.1) is 11.3 Å². The maximum atomic E-state index is 13.6. The van der Waals surface area contributed by atoms with Crippen LogP contribution in [0, 0.1) is 12.8 Å². The summed E-state index contributed by atoms with van der Waals surface area (Å²) in [5.74, 6) is -0.363. The molecule has 2 heterocycles. The predicted octanol–water partition coefficient (Wildman–Crippen LogP) is 6.33. The van der Waals surface area contributed by atoms with E-state index in [0.29, 0.717) is 23.7 Å². The molecule has 2 unspecified atom stereocenters. The molecule has 1 aliphatic heterocycles. The largest absolute Gasteiger partial charge is 0.488 e. The molecule has 0 saturated carbocycles. The molecule has 184 valence electrons. The number of halogens is 3. The van der Waals surface area contributed by atoms with Crippen molar-refractivity contribution in [1.82, 2.24) is 9.88 Å². The lowest BCUT2D eigenvalue weighted by molar-refractivity contribution is -0.146. The van der Waals surface area contributed by atoms with Crippen LogP contribution in [0.5, 0.6) is 5.75 Å². The van der Waals surface area contributed by atoms with E-state index < -0.39 is 23.2 Å². The highest BCUT2D eigenvalue weighted by Crippen LogP contribution is 2.40. The second-order valence-corrected chi connectivity index (χ2v) is 9.04. The minimum absolute atomic E-state index is 0.179. The Balaban J connectivity index is 1.80. The number of benzene rings is 2. The zero-order valence-corrected chi connectivity index (χ0v) is 19.7. The maximum absolute atomic E-state index is 13.6. The third-order valence-electron chi connectivity index (χ3n) is 6.62. The normalized spacial score (nSPS) is 20.2. The topological polar surface area (TPSA) is 63.5 Å². The number of carboxylic acid groups (broad SMARTS) is 1. The van der Waals surface area contributed by atoms with Gasteiger partial charge in [0, 0.05) is 11.3 Å². The minimum atomic E-state index is -4.53. The summed E-state index contributed by atoms with van der Waals surface area (Å²) >= 11 is 0. The average molecular weight is 485 g/mol. The Hall–Kier alpha value is -3.68. The van der Waals surface area contributed by atoms with Crippen LogP contribution in [0.25, 0.3) is 17.1 Å². The van der Waals surface area contributed by atoms with E-state index in [1.54, 1.807) is 23.6 Å². The summed E-state index contributed by atoms with van der Waals surface area (Å²) in [6.45, 7) is 5.47. The lowest BCUT2D eigenvalue weighted by Crippen LogP contribution is -2.55. The molecule has 0 aliphatic carbocycles. The molecule has 4 rings (SSSR count). The number of nitrogens with zero attached hydrogens (tertiary/aromatic N) is 1. The van der Waals surface area contributed by atoms with E-state index in [9.17, 15) is 23.1 Å². The van der Waals surface area contributed by atoms with Crippen LogP contribution in [-0.4, -0.2) is 21.2 Å². The van der Waals surface area contributed by atoms with Gasteiger partial charge in [-0.05, 0) is 68.2 Å². The molecule has 2 N–H and O–H groups in total. The van der Waals surface area contributed by atoms with Crippen LogP contribution < -0.4 is 10.1 Å². The number of ether oxygens (including phenoxy) is 1. The number of aryl methyl sites for hydroxylation is 1. The zero-order valence-electron chi connectivity index (χ0n) is 19.7. The first-order valence-corrected chi connectivity index (χ1v) is 11.3. The minimum Gasteiger partial charge on any atom is -0.488 e. The van der Waals surface area contributed by atoms with Crippen molar-refractivity contribution in [3.8, 4) is 17.0 Å². The summed E-state index contributed by atoms with van der Waals surface area (Å²) < 4.78 is 48.6. The van der Waals surface area contributed by atoms with Crippen LogP contribution in [0.1, 0.15) is 37.1 Å². The summed E-state index contributed by atoms with van der Waals surface area (Å²) in [6.07, 6.45) is -2.15. The van der Waals surface area contributed by atoms with Crippen molar-refractivity contribution in [2.45, 2.75) is 45.5 Å². The third-order valence-corrected chi connectivity index (χ3v) is 6.62. The molecule has 1 aliphatic rings. The number of carboxylic acids is 1. The molecule has 0 bridgehead atoms. The predicted molar refractivity (Wildman–Crippen MR) is 128 cm³/mol. The van der Waals surface area contributed by atoms with Crippen LogP contribution in [0.3, 0.4) is 0 Å². The van der Waals surface area contributed by atoms with Gasteiger partial charge in [0.1, 0.15) is 23.7 Å². The molecule has 0 saturated heterocycles.